The van der Waals surface area contributed by atoms with E-state index in [1.807, 2.05) is 54.6 Å². The van der Waals surface area contributed by atoms with Crippen LogP contribution < -0.4 is 16.8 Å². The van der Waals surface area contributed by atoms with E-state index in [1.54, 1.807) is 19.2 Å². The average molecular weight is 463 g/mol. The highest BCUT2D eigenvalue weighted by Gasteiger charge is 2.29. The molecule has 0 aliphatic rings. The molecule has 0 unspecified atom stereocenters. The fraction of sp³-hybridized carbons (Fsp3) is 0.333. The van der Waals surface area contributed by atoms with Gasteiger partial charge < -0.3 is 26.8 Å². The van der Waals surface area contributed by atoms with Gasteiger partial charge in [0.05, 0.1) is 6.04 Å². The summed E-state index contributed by atoms with van der Waals surface area (Å²) in [6, 6.07) is 19.6. The molecule has 3 rings (SSSR count). The van der Waals surface area contributed by atoms with Crippen molar-refractivity contribution in [1.82, 2.24) is 10.2 Å². The van der Waals surface area contributed by atoms with Gasteiger partial charge in [-0.3, -0.25) is 9.59 Å². The van der Waals surface area contributed by atoms with Gasteiger partial charge in [0.15, 0.2) is 0 Å². The van der Waals surface area contributed by atoms with Crippen molar-refractivity contribution in [3.63, 3.8) is 0 Å². The number of rotatable bonds is 11. The number of nitrogens with zero attached hydrogens (tertiary/aromatic N) is 1. The Labute approximate surface area is 200 Å². The number of likely N-dealkylation sites (N-methyl/N-ethyl adjacent to an activating group) is 1. The fourth-order valence-corrected chi connectivity index (χ4v) is 4.04. The highest BCUT2D eigenvalue weighted by atomic mass is 16.3. The summed E-state index contributed by atoms with van der Waals surface area (Å²) in [4.78, 5) is 27.5. The number of carbonyl (C=O) groups is 2. The van der Waals surface area contributed by atoms with Crippen molar-refractivity contribution in [2.45, 2.75) is 37.8 Å². The van der Waals surface area contributed by atoms with Crippen LogP contribution in [-0.4, -0.2) is 54.0 Å². The summed E-state index contributed by atoms with van der Waals surface area (Å²) >= 11 is 0. The Morgan fingerprint density at radius 2 is 1.68 bits per heavy atom. The van der Waals surface area contributed by atoms with Gasteiger partial charge in [0, 0.05) is 13.6 Å². The molecule has 34 heavy (non-hydrogen) atoms. The molecule has 0 saturated carbocycles. The molecule has 0 saturated heterocycles. The number of phenols is 1. The number of nitrogens with two attached hydrogens (primary N) is 2. The van der Waals surface area contributed by atoms with Gasteiger partial charge in [0.2, 0.25) is 11.8 Å². The second-order valence-corrected chi connectivity index (χ2v) is 8.60. The van der Waals surface area contributed by atoms with Crippen LogP contribution in [0.1, 0.15) is 24.0 Å². The van der Waals surface area contributed by atoms with Gasteiger partial charge in [0.1, 0.15) is 11.8 Å². The zero-order valence-electron chi connectivity index (χ0n) is 19.6. The number of phenolic OH excluding ortho intramolecular Hbond substituents is 1. The second kappa shape index (κ2) is 12.2. The molecule has 0 bridgehead atoms. The molecule has 0 fully saturated rings. The van der Waals surface area contributed by atoms with Crippen LogP contribution in [0.5, 0.6) is 5.75 Å². The van der Waals surface area contributed by atoms with Crippen molar-refractivity contribution >= 4 is 22.6 Å². The summed E-state index contributed by atoms with van der Waals surface area (Å²) in [5.41, 5.74) is 13.9. The molecule has 0 aromatic heterocycles. The average Bonchev–Trinajstić information content (AvgIpc) is 2.84. The smallest absolute Gasteiger partial charge is 0.242 e. The Morgan fingerprint density at radius 1 is 1.00 bits per heavy atom. The monoisotopic (exact) mass is 462 g/mol. The van der Waals surface area contributed by atoms with Gasteiger partial charge >= 0.3 is 0 Å². The Hall–Kier alpha value is -3.42. The highest BCUT2D eigenvalue weighted by molar-refractivity contribution is 5.90. The van der Waals surface area contributed by atoms with Gasteiger partial charge in [0.25, 0.3) is 0 Å². The van der Waals surface area contributed by atoms with Crippen LogP contribution in [-0.2, 0) is 22.4 Å². The van der Waals surface area contributed by atoms with Crippen LogP contribution >= 0.6 is 0 Å². The lowest BCUT2D eigenvalue weighted by Gasteiger charge is -2.29. The Kier molecular flexibility index (Phi) is 9.01. The van der Waals surface area contributed by atoms with Gasteiger partial charge in [-0.25, -0.2) is 0 Å². The molecule has 3 aromatic rings. The summed E-state index contributed by atoms with van der Waals surface area (Å²) < 4.78 is 0. The number of carbonyl (C=O) groups excluding carboxylic acids is 2. The van der Waals surface area contributed by atoms with Gasteiger partial charge in [-0.05, 0) is 66.3 Å². The molecule has 0 heterocycles. The highest BCUT2D eigenvalue weighted by Crippen LogP contribution is 2.17. The van der Waals surface area contributed by atoms with E-state index in [2.05, 4.69) is 5.32 Å². The van der Waals surface area contributed by atoms with Crippen LogP contribution in [0.25, 0.3) is 10.8 Å². The molecule has 0 aliphatic carbocycles. The van der Waals surface area contributed by atoms with E-state index in [1.165, 1.54) is 4.90 Å². The van der Waals surface area contributed by atoms with Crippen molar-refractivity contribution in [2.75, 3.05) is 20.1 Å². The van der Waals surface area contributed by atoms with E-state index >= 15 is 0 Å². The standard InChI is InChI=1S/C27H34N4O3/c1-31(27(34)24(29)18-20-8-11-21-5-2-3-6-22(21)17-20)25(7-4-15-28)26(33)30-16-14-19-9-12-23(32)13-10-19/h2-3,5-6,8-13,17,24-25,32H,4,7,14-16,18,28-29H2,1H3,(H,30,33)/t24-,25-/m0/s1. The lowest BCUT2D eigenvalue weighted by Crippen LogP contribution is -2.53. The molecule has 180 valence electrons. The molecular formula is C27H34N4O3. The van der Waals surface area contributed by atoms with Crippen molar-refractivity contribution in [3.05, 3.63) is 77.9 Å². The lowest BCUT2D eigenvalue weighted by molar-refractivity contribution is -0.140. The number of benzene rings is 3. The zero-order valence-corrected chi connectivity index (χ0v) is 19.6. The molecule has 0 radical (unpaired) electrons. The minimum atomic E-state index is -0.753. The van der Waals surface area contributed by atoms with Crippen LogP contribution in [0, 0.1) is 0 Å². The molecule has 7 heteroatoms. The summed E-state index contributed by atoms with van der Waals surface area (Å²) in [7, 11) is 1.63. The minimum absolute atomic E-state index is 0.204. The maximum atomic E-state index is 13.1. The third kappa shape index (κ3) is 6.79. The SMILES string of the molecule is CN(C(=O)[C@@H](N)Cc1ccc2ccccc2c1)[C@@H](CCCN)C(=O)NCCc1ccc(O)cc1. The van der Waals surface area contributed by atoms with Crippen molar-refractivity contribution < 1.29 is 14.7 Å². The molecule has 6 N–H and O–H groups in total. The first-order valence-corrected chi connectivity index (χ1v) is 11.6. The van der Waals surface area contributed by atoms with Gasteiger partial charge in [-0.15, -0.1) is 0 Å². The quantitative estimate of drug-likeness (QED) is 0.348. The fourth-order valence-electron chi connectivity index (χ4n) is 4.04. The summed E-state index contributed by atoms with van der Waals surface area (Å²) in [5, 5.41) is 14.6. The van der Waals surface area contributed by atoms with Gasteiger partial charge in [-0.1, -0.05) is 54.6 Å². The van der Waals surface area contributed by atoms with Crippen LogP contribution in [0.2, 0.25) is 0 Å². The third-order valence-electron chi connectivity index (χ3n) is 6.04. The maximum absolute atomic E-state index is 13.1. The zero-order chi connectivity index (χ0) is 24.5. The number of hydrogen-bond donors (Lipinski definition) is 4. The Bertz CT molecular complexity index is 1100. The van der Waals surface area contributed by atoms with Crippen molar-refractivity contribution in [3.8, 4) is 5.75 Å². The topological polar surface area (TPSA) is 122 Å². The number of amides is 2. The van der Waals surface area contributed by atoms with Crippen LogP contribution in [0.4, 0.5) is 0 Å². The van der Waals surface area contributed by atoms with E-state index in [9.17, 15) is 14.7 Å². The largest absolute Gasteiger partial charge is 0.508 e. The molecule has 0 aliphatic heterocycles. The molecule has 0 spiro atoms. The minimum Gasteiger partial charge on any atom is -0.508 e. The third-order valence-corrected chi connectivity index (χ3v) is 6.04. The van der Waals surface area contributed by atoms with E-state index in [-0.39, 0.29) is 17.6 Å². The Morgan fingerprint density at radius 3 is 2.38 bits per heavy atom. The summed E-state index contributed by atoms with van der Waals surface area (Å²) in [6.07, 6.45) is 2.09. The lowest BCUT2D eigenvalue weighted by atomic mass is 10.0. The van der Waals surface area contributed by atoms with Crippen LogP contribution in [0.3, 0.4) is 0 Å². The number of fused-ring (bicyclic) bond motifs is 1. The first-order valence-electron chi connectivity index (χ1n) is 11.6. The Balaban J connectivity index is 1.60. The molecule has 2 atom stereocenters. The van der Waals surface area contributed by atoms with Crippen molar-refractivity contribution in [1.29, 1.82) is 0 Å². The van der Waals surface area contributed by atoms with E-state index in [4.69, 9.17) is 11.5 Å². The first kappa shape index (κ1) is 25.2. The predicted molar refractivity (Wildman–Crippen MR) is 135 cm³/mol. The second-order valence-electron chi connectivity index (χ2n) is 8.60. The summed E-state index contributed by atoms with van der Waals surface area (Å²) in [6.45, 7) is 0.858. The molecule has 7 nitrogen and oxygen atoms in total. The molecular weight excluding hydrogens is 428 g/mol. The van der Waals surface area contributed by atoms with Crippen LogP contribution in [0.15, 0.2) is 66.7 Å². The number of hydrogen-bond acceptors (Lipinski definition) is 5. The van der Waals surface area contributed by atoms with E-state index in [0.29, 0.717) is 38.8 Å². The molecule has 3 aromatic carbocycles. The van der Waals surface area contributed by atoms with E-state index in [0.717, 1.165) is 21.9 Å². The normalized spacial score (nSPS) is 12.8. The summed E-state index contributed by atoms with van der Waals surface area (Å²) in [5.74, 6) is -0.292. The predicted octanol–water partition coefficient (Wildman–Crippen LogP) is 2.34. The van der Waals surface area contributed by atoms with Crippen molar-refractivity contribution in [2.24, 2.45) is 11.5 Å². The molecule has 2 amide bonds. The van der Waals surface area contributed by atoms with E-state index < -0.39 is 12.1 Å². The van der Waals surface area contributed by atoms with Gasteiger partial charge in [-0.2, -0.15) is 0 Å². The maximum Gasteiger partial charge on any atom is 0.242 e. The number of aromatic hydroxyl groups is 1. The first-order chi connectivity index (χ1) is 16.4. The number of nitrogens with one attached hydrogen (secondary N) is 1.